The van der Waals surface area contributed by atoms with Crippen molar-refractivity contribution in [2.45, 2.75) is 50.7 Å². The van der Waals surface area contributed by atoms with Crippen molar-refractivity contribution in [3.05, 3.63) is 45.4 Å². The molecule has 13 heteroatoms. The van der Waals surface area contributed by atoms with E-state index in [0.29, 0.717) is 61.9 Å². The second-order valence-electron chi connectivity index (χ2n) is 9.38. The highest BCUT2D eigenvalue weighted by atomic mass is 32.2. The van der Waals surface area contributed by atoms with Crippen LogP contribution in [-0.4, -0.2) is 67.3 Å². The third-order valence-corrected chi connectivity index (χ3v) is 8.91. The van der Waals surface area contributed by atoms with Crippen molar-refractivity contribution in [2.75, 3.05) is 24.2 Å². The summed E-state index contributed by atoms with van der Waals surface area (Å²) in [5, 5.41) is 12.7. The van der Waals surface area contributed by atoms with Gasteiger partial charge in [0, 0.05) is 25.3 Å². The second kappa shape index (κ2) is 9.55. The Balaban J connectivity index is 1.30. The molecule has 1 aliphatic heterocycles. The van der Waals surface area contributed by atoms with Gasteiger partial charge in [-0.1, -0.05) is 0 Å². The van der Waals surface area contributed by atoms with E-state index in [0.717, 1.165) is 0 Å². The number of piperidine rings is 1. The first kappa shape index (κ1) is 23.7. The van der Waals surface area contributed by atoms with Crippen molar-refractivity contribution < 1.29 is 13.5 Å². The Morgan fingerprint density at radius 3 is 2.71 bits per heavy atom. The number of aliphatic hydroxyl groups excluding tert-OH is 1. The normalized spacial score (nSPS) is 24.0. The minimum Gasteiger partial charge on any atom is -0.392 e. The van der Waals surface area contributed by atoms with Crippen molar-refractivity contribution in [1.82, 2.24) is 28.8 Å². The van der Waals surface area contributed by atoms with E-state index in [1.54, 1.807) is 16.7 Å². The van der Waals surface area contributed by atoms with Gasteiger partial charge in [-0.2, -0.15) is 9.29 Å². The Kier molecular flexibility index (Phi) is 6.47. The summed E-state index contributed by atoms with van der Waals surface area (Å²) in [6.45, 7) is 0.637. The first-order valence-corrected chi connectivity index (χ1v) is 13.5. The van der Waals surface area contributed by atoms with E-state index in [-0.39, 0.29) is 41.5 Å². The average Bonchev–Trinajstić information content (AvgIpc) is 3.16. The van der Waals surface area contributed by atoms with Gasteiger partial charge in [0.05, 0.1) is 18.1 Å². The fraction of sp³-hybridized carbons (Fsp3) is 0.545. The molecular formula is C22H29N7O5S. The number of nitrogens with zero attached hydrogens (tertiary/aromatic N) is 4. The van der Waals surface area contributed by atoms with Crippen molar-refractivity contribution in [1.29, 1.82) is 0 Å². The van der Waals surface area contributed by atoms with Crippen LogP contribution in [0.3, 0.4) is 0 Å². The summed E-state index contributed by atoms with van der Waals surface area (Å²) in [6, 6.07) is 3.17. The number of nitrogens with one attached hydrogen (secondary N) is 3. The molecule has 35 heavy (non-hydrogen) atoms. The fourth-order valence-corrected chi connectivity index (χ4v) is 7.05. The molecular weight excluding hydrogens is 474 g/mol. The van der Waals surface area contributed by atoms with Gasteiger partial charge in [0.25, 0.3) is 5.56 Å². The van der Waals surface area contributed by atoms with E-state index >= 15 is 0 Å². The predicted molar refractivity (Wildman–Crippen MR) is 130 cm³/mol. The number of β-amino-alcohol motifs (C(OH)–C–C–N with tert-alkyl or cyclic N) is 1. The smallest absolute Gasteiger partial charge is 0.327 e. The van der Waals surface area contributed by atoms with Gasteiger partial charge in [-0.3, -0.25) is 9.36 Å². The lowest BCUT2D eigenvalue weighted by Gasteiger charge is -2.33. The number of imidazole rings is 1. The van der Waals surface area contributed by atoms with Gasteiger partial charge in [-0.15, -0.1) is 0 Å². The number of rotatable bonds is 6. The van der Waals surface area contributed by atoms with E-state index in [1.165, 1.54) is 16.7 Å². The van der Waals surface area contributed by atoms with Crippen molar-refractivity contribution in [2.24, 2.45) is 5.92 Å². The molecule has 0 bridgehead atoms. The Bertz CT molecular complexity index is 1420. The van der Waals surface area contributed by atoms with Crippen molar-refractivity contribution in [3.63, 3.8) is 0 Å². The summed E-state index contributed by atoms with van der Waals surface area (Å²) in [5.41, 5.74) is 0.630. The van der Waals surface area contributed by atoms with Crippen LogP contribution in [0.2, 0.25) is 0 Å². The van der Waals surface area contributed by atoms with Crippen LogP contribution >= 0.6 is 0 Å². The summed E-state index contributed by atoms with van der Waals surface area (Å²) in [7, 11) is -3.43. The maximum Gasteiger partial charge on any atom is 0.327 e. The average molecular weight is 504 g/mol. The standard InChI is InChI=1S/C22H29N7O5S/c30-16-3-2-10-28(12-16)35(33,34)13-14-5-7-15(8-6-14)29-19-18(26-22(29)32)11-24-21(27-19)25-17-4-1-9-23-20(17)31/h1,4,9,11,14-16,30H,2-3,5-8,10,12-13H2,(H,23,31)(H,26,32)(H,24,25,27). The number of aromatic nitrogens is 5. The molecule has 5 rings (SSSR count). The number of hydrogen-bond acceptors (Lipinski definition) is 8. The van der Waals surface area contributed by atoms with Crippen LogP contribution in [0, 0.1) is 5.92 Å². The molecule has 0 radical (unpaired) electrons. The van der Waals surface area contributed by atoms with Crippen LogP contribution in [0.15, 0.2) is 34.1 Å². The largest absolute Gasteiger partial charge is 0.392 e. The molecule has 0 amide bonds. The Hall–Kier alpha value is -3.03. The number of H-pyrrole nitrogens is 2. The molecule has 1 unspecified atom stereocenters. The van der Waals surface area contributed by atoms with Gasteiger partial charge < -0.3 is 20.4 Å². The molecule has 12 nitrogen and oxygen atoms in total. The third kappa shape index (κ3) is 5.02. The van der Waals surface area contributed by atoms with Gasteiger partial charge in [-0.05, 0) is 56.6 Å². The fourth-order valence-electron chi connectivity index (χ4n) is 5.10. The van der Waals surface area contributed by atoms with Crippen molar-refractivity contribution in [3.8, 4) is 0 Å². The highest BCUT2D eigenvalue weighted by molar-refractivity contribution is 7.89. The first-order valence-electron chi connectivity index (χ1n) is 11.9. The molecule has 0 spiro atoms. The zero-order valence-corrected chi connectivity index (χ0v) is 20.0. The quantitative estimate of drug-likeness (QED) is 0.388. The zero-order chi connectivity index (χ0) is 24.6. The van der Waals surface area contributed by atoms with E-state index in [9.17, 15) is 23.1 Å². The minimum atomic E-state index is -3.43. The molecule has 3 aromatic rings. The molecule has 3 aromatic heterocycles. The molecule has 1 saturated heterocycles. The number of aromatic amines is 2. The number of hydrogen-bond donors (Lipinski definition) is 4. The third-order valence-electron chi connectivity index (χ3n) is 6.90. The molecule has 0 aromatic carbocycles. The zero-order valence-electron chi connectivity index (χ0n) is 19.2. The Morgan fingerprint density at radius 1 is 1.17 bits per heavy atom. The van der Waals surface area contributed by atoms with Gasteiger partial charge in [-0.25, -0.2) is 18.2 Å². The Labute approximate surface area is 201 Å². The van der Waals surface area contributed by atoms with E-state index in [2.05, 4.69) is 25.3 Å². The Morgan fingerprint density at radius 2 is 1.97 bits per heavy atom. The topological polar surface area (TPSA) is 166 Å². The summed E-state index contributed by atoms with van der Waals surface area (Å²) in [6.07, 6.45) is 6.41. The lowest BCUT2D eigenvalue weighted by atomic mass is 9.87. The van der Waals surface area contributed by atoms with Crippen LogP contribution in [0.4, 0.5) is 11.6 Å². The maximum atomic E-state index is 12.9. The van der Waals surface area contributed by atoms with Gasteiger partial charge >= 0.3 is 5.69 Å². The van der Waals surface area contributed by atoms with E-state index in [4.69, 9.17) is 0 Å². The molecule has 4 N–H and O–H groups in total. The molecule has 1 aliphatic carbocycles. The first-order chi connectivity index (χ1) is 16.8. The second-order valence-corrected chi connectivity index (χ2v) is 11.4. The molecule has 2 fully saturated rings. The number of sulfonamides is 1. The van der Waals surface area contributed by atoms with Crippen molar-refractivity contribution >= 4 is 32.8 Å². The van der Waals surface area contributed by atoms with Crippen LogP contribution in [0.1, 0.15) is 44.6 Å². The SMILES string of the molecule is O=c1[nH]cccc1Nc1ncc2[nH]c(=O)n(C3CCC(CS(=O)(=O)N4CCCC(O)C4)CC3)c2n1. The van der Waals surface area contributed by atoms with Gasteiger partial charge in [0.1, 0.15) is 11.2 Å². The summed E-state index contributed by atoms with van der Waals surface area (Å²) in [4.78, 5) is 38.7. The summed E-state index contributed by atoms with van der Waals surface area (Å²) < 4.78 is 28.7. The molecule has 1 saturated carbocycles. The summed E-state index contributed by atoms with van der Waals surface area (Å²) >= 11 is 0. The minimum absolute atomic E-state index is 0.00730. The van der Waals surface area contributed by atoms with Crippen LogP contribution in [0.25, 0.3) is 11.2 Å². The van der Waals surface area contributed by atoms with Gasteiger partial charge in [0.15, 0.2) is 5.65 Å². The number of anilines is 2. The van der Waals surface area contributed by atoms with Crippen LogP contribution in [-0.2, 0) is 10.0 Å². The maximum absolute atomic E-state index is 12.9. The lowest BCUT2D eigenvalue weighted by Crippen LogP contribution is -2.44. The number of fused-ring (bicyclic) bond motifs is 1. The monoisotopic (exact) mass is 503 g/mol. The van der Waals surface area contributed by atoms with E-state index < -0.39 is 16.1 Å². The summed E-state index contributed by atoms with van der Waals surface area (Å²) in [5.74, 6) is 0.273. The predicted octanol–water partition coefficient (Wildman–Crippen LogP) is 1.07. The van der Waals surface area contributed by atoms with E-state index in [1.807, 2.05) is 0 Å². The molecule has 4 heterocycles. The molecule has 1 atom stereocenters. The van der Waals surface area contributed by atoms with Crippen LogP contribution in [0.5, 0.6) is 0 Å². The number of aliphatic hydroxyl groups is 1. The number of pyridine rings is 1. The van der Waals surface area contributed by atoms with Crippen LogP contribution < -0.4 is 16.6 Å². The molecule has 2 aliphatic rings. The highest BCUT2D eigenvalue weighted by Crippen LogP contribution is 2.34. The lowest BCUT2D eigenvalue weighted by molar-refractivity contribution is 0.107. The molecule has 188 valence electrons. The van der Waals surface area contributed by atoms with Gasteiger partial charge in [0.2, 0.25) is 16.0 Å². The highest BCUT2D eigenvalue weighted by Gasteiger charge is 2.33.